The molecular formula is C27H30N2O. The standard InChI is InChI=1S/C27H30N2O/c1-3-21-8-12-23(13-9-21)20(2)28-27(30)25-14-10-22(11-15-25)18-29-17-16-24-6-4-5-7-26(24)19-29/h4-15,20H,3,16-19H2,1-2H3,(H,28,30)/t20-/m1/s1. The third-order valence-electron chi connectivity index (χ3n) is 6.07. The smallest absolute Gasteiger partial charge is 0.251 e. The first-order valence-electron chi connectivity index (χ1n) is 10.9. The van der Waals surface area contributed by atoms with E-state index in [1.165, 1.54) is 22.3 Å². The van der Waals surface area contributed by atoms with E-state index < -0.39 is 0 Å². The molecule has 3 heteroatoms. The Bertz CT molecular complexity index is 992. The van der Waals surface area contributed by atoms with Gasteiger partial charge in [0.2, 0.25) is 0 Å². The maximum atomic E-state index is 12.7. The average Bonchev–Trinajstić information content (AvgIpc) is 2.79. The lowest BCUT2D eigenvalue weighted by molar-refractivity contribution is 0.0940. The number of amides is 1. The predicted octanol–water partition coefficient (Wildman–Crippen LogP) is 5.30. The minimum atomic E-state index is -0.0273. The van der Waals surface area contributed by atoms with Gasteiger partial charge in [0.05, 0.1) is 6.04 Å². The van der Waals surface area contributed by atoms with E-state index in [1.807, 2.05) is 19.1 Å². The van der Waals surface area contributed by atoms with E-state index in [4.69, 9.17) is 0 Å². The van der Waals surface area contributed by atoms with Crippen LogP contribution in [0.1, 0.15) is 58.1 Å². The molecular weight excluding hydrogens is 368 g/mol. The lowest BCUT2D eigenvalue weighted by Gasteiger charge is -2.28. The fraction of sp³-hybridized carbons (Fsp3) is 0.296. The van der Waals surface area contributed by atoms with E-state index >= 15 is 0 Å². The maximum absolute atomic E-state index is 12.7. The molecule has 0 bridgehead atoms. The van der Waals surface area contributed by atoms with Crippen molar-refractivity contribution in [1.29, 1.82) is 0 Å². The minimum Gasteiger partial charge on any atom is -0.346 e. The number of rotatable bonds is 6. The molecule has 154 valence electrons. The van der Waals surface area contributed by atoms with Gasteiger partial charge >= 0.3 is 0 Å². The summed E-state index contributed by atoms with van der Waals surface area (Å²) in [5.41, 5.74) is 7.29. The van der Waals surface area contributed by atoms with Crippen molar-refractivity contribution < 1.29 is 4.79 Å². The minimum absolute atomic E-state index is 0.0171. The van der Waals surface area contributed by atoms with E-state index in [-0.39, 0.29) is 11.9 Å². The van der Waals surface area contributed by atoms with Crippen molar-refractivity contribution in [2.24, 2.45) is 0 Å². The molecule has 0 saturated carbocycles. The summed E-state index contributed by atoms with van der Waals surface area (Å²) in [4.78, 5) is 15.1. The van der Waals surface area contributed by atoms with Gasteiger partial charge in [0, 0.05) is 25.2 Å². The number of fused-ring (bicyclic) bond motifs is 1. The molecule has 0 saturated heterocycles. The van der Waals surface area contributed by atoms with Gasteiger partial charge in [-0.15, -0.1) is 0 Å². The van der Waals surface area contributed by atoms with Crippen LogP contribution in [0.25, 0.3) is 0 Å². The summed E-state index contributed by atoms with van der Waals surface area (Å²) in [6, 6.07) is 25.2. The van der Waals surface area contributed by atoms with Crippen molar-refractivity contribution in [2.75, 3.05) is 6.54 Å². The van der Waals surface area contributed by atoms with E-state index in [1.54, 1.807) is 0 Å². The number of carbonyl (C=O) groups is 1. The molecule has 1 amide bonds. The highest BCUT2D eigenvalue weighted by atomic mass is 16.1. The van der Waals surface area contributed by atoms with E-state index in [9.17, 15) is 4.79 Å². The van der Waals surface area contributed by atoms with Crippen molar-refractivity contribution in [3.05, 3.63) is 106 Å². The summed E-state index contributed by atoms with van der Waals surface area (Å²) in [7, 11) is 0. The molecule has 1 aliphatic rings. The summed E-state index contributed by atoms with van der Waals surface area (Å²) in [6.07, 6.45) is 2.13. The van der Waals surface area contributed by atoms with Crippen LogP contribution in [-0.2, 0) is 25.9 Å². The van der Waals surface area contributed by atoms with Crippen LogP contribution in [0.3, 0.4) is 0 Å². The van der Waals surface area contributed by atoms with Crippen LogP contribution in [0.2, 0.25) is 0 Å². The fourth-order valence-electron chi connectivity index (χ4n) is 4.11. The Morgan fingerprint density at radius 2 is 1.60 bits per heavy atom. The van der Waals surface area contributed by atoms with Crippen molar-refractivity contribution >= 4 is 5.91 Å². The Morgan fingerprint density at radius 1 is 0.933 bits per heavy atom. The van der Waals surface area contributed by atoms with Gasteiger partial charge in [0.15, 0.2) is 0 Å². The van der Waals surface area contributed by atoms with Gasteiger partial charge in [-0.1, -0.05) is 67.6 Å². The molecule has 1 N–H and O–H groups in total. The van der Waals surface area contributed by atoms with Crippen LogP contribution in [0.4, 0.5) is 0 Å². The zero-order valence-corrected chi connectivity index (χ0v) is 17.9. The average molecular weight is 399 g/mol. The molecule has 1 aliphatic heterocycles. The molecule has 30 heavy (non-hydrogen) atoms. The summed E-state index contributed by atoms with van der Waals surface area (Å²) in [5.74, 6) is -0.0273. The van der Waals surface area contributed by atoms with Crippen LogP contribution in [-0.4, -0.2) is 17.4 Å². The predicted molar refractivity (Wildman–Crippen MR) is 122 cm³/mol. The Labute approximate surface area is 179 Å². The number of carbonyl (C=O) groups excluding carboxylic acids is 1. The number of hydrogen-bond acceptors (Lipinski definition) is 2. The second-order valence-corrected chi connectivity index (χ2v) is 8.22. The highest BCUT2D eigenvalue weighted by molar-refractivity contribution is 5.94. The lowest BCUT2D eigenvalue weighted by atomic mass is 9.99. The van der Waals surface area contributed by atoms with Gasteiger partial charge in [-0.3, -0.25) is 9.69 Å². The van der Waals surface area contributed by atoms with Crippen LogP contribution < -0.4 is 5.32 Å². The molecule has 0 aliphatic carbocycles. The zero-order valence-electron chi connectivity index (χ0n) is 17.9. The normalized spacial score (nSPS) is 14.7. The molecule has 1 heterocycles. The van der Waals surface area contributed by atoms with Crippen LogP contribution in [0, 0.1) is 0 Å². The number of benzene rings is 3. The molecule has 0 fully saturated rings. The Kier molecular flexibility index (Phi) is 6.29. The molecule has 3 nitrogen and oxygen atoms in total. The van der Waals surface area contributed by atoms with Crippen LogP contribution >= 0.6 is 0 Å². The molecule has 3 aromatic rings. The van der Waals surface area contributed by atoms with Gasteiger partial charge in [-0.2, -0.15) is 0 Å². The van der Waals surface area contributed by atoms with E-state index in [2.05, 4.69) is 77.8 Å². The third kappa shape index (κ3) is 4.80. The molecule has 0 aromatic heterocycles. The number of hydrogen-bond donors (Lipinski definition) is 1. The molecule has 0 radical (unpaired) electrons. The first kappa shape index (κ1) is 20.4. The fourth-order valence-corrected chi connectivity index (χ4v) is 4.11. The van der Waals surface area contributed by atoms with Gasteiger partial charge in [0.25, 0.3) is 5.91 Å². The molecule has 0 spiro atoms. The Hall–Kier alpha value is -2.91. The Morgan fingerprint density at radius 3 is 2.30 bits per heavy atom. The van der Waals surface area contributed by atoms with E-state index in [0.29, 0.717) is 5.56 Å². The van der Waals surface area contributed by atoms with Gasteiger partial charge in [-0.05, 0) is 59.7 Å². The quantitative estimate of drug-likeness (QED) is 0.611. The van der Waals surface area contributed by atoms with Crippen LogP contribution in [0.15, 0.2) is 72.8 Å². The van der Waals surface area contributed by atoms with E-state index in [0.717, 1.165) is 38.0 Å². The monoisotopic (exact) mass is 398 g/mol. The Balaban J connectivity index is 1.34. The summed E-state index contributed by atoms with van der Waals surface area (Å²) in [5, 5.41) is 3.11. The first-order valence-corrected chi connectivity index (χ1v) is 10.9. The topological polar surface area (TPSA) is 32.3 Å². The third-order valence-corrected chi connectivity index (χ3v) is 6.07. The molecule has 3 aromatic carbocycles. The van der Waals surface area contributed by atoms with Crippen molar-refractivity contribution in [3.63, 3.8) is 0 Å². The summed E-state index contributed by atoms with van der Waals surface area (Å²) >= 11 is 0. The van der Waals surface area contributed by atoms with Crippen molar-refractivity contribution in [1.82, 2.24) is 10.2 Å². The SMILES string of the molecule is CCc1ccc([C@@H](C)NC(=O)c2ccc(CN3CCc4ccccc4C3)cc2)cc1. The zero-order chi connectivity index (χ0) is 20.9. The summed E-state index contributed by atoms with van der Waals surface area (Å²) in [6.45, 7) is 7.16. The molecule has 4 rings (SSSR count). The molecule has 0 unspecified atom stereocenters. The maximum Gasteiger partial charge on any atom is 0.251 e. The second kappa shape index (κ2) is 9.27. The van der Waals surface area contributed by atoms with Crippen molar-refractivity contribution in [3.8, 4) is 0 Å². The van der Waals surface area contributed by atoms with Gasteiger partial charge in [0.1, 0.15) is 0 Å². The van der Waals surface area contributed by atoms with Gasteiger partial charge in [-0.25, -0.2) is 0 Å². The number of aryl methyl sites for hydroxylation is 1. The molecule has 1 atom stereocenters. The summed E-state index contributed by atoms with van der Waals surface area (Å²) < 4.78 is 0. The first-order chi connectivity index (χ1) is 14.6. The second-order valence-electron chi connectivity index (χ2n) is 8.22. The largest absolute Gasteiger partial charge is 0.346 e. The number of nitrogens with one attached hydrogen (secondary N) is 1. The van der Waals surface area contributed by atoms with Gasteiger partial charge < -0.3 is 5.32 Å². The van der Waals surface area contributed by atoms with Crippen molar-refractivity contribution in [2.45, 2.75) is 45.8 Å². The van der Waals surface area contributed by atoms with Crippen LogP contribution in [0.5, 0.6) is 0 Å². The number of nitrogens with zero attached hydrogens (tertiary/aromatic N) is 1. The lowest BCUT2D eigenvalue weighted by Crippen LogP contribution is -2.30. The highest BCUT2D eigenvalue weighted by Crippen LogP contribution is 2.20. The highest BCUT2D eigenvalue weighted by Gasteiger charge is 2.16.